The van der Waals surface area contributed by atoms with Crippen molar-refractivity contribution in [2.24, 2.45) is 0 Å². The fraction of sp³-hybridized carbons (Fsp3) is 0.212. The lowest BCUT2D eigenvalue weighted by molar-refractivity contribution is 0.0939. The van der Waals surface area contributed by atoms with E-state index in [0.29, 0.717) is 21.8 Å². The number of benzene rings is 4. The number of nitrogens with zero attached hydrogens (tertiary/aromatic N) is 2. The molecule has 0 bridgehead atoms. The molecule has 1 unspecified atom stereocenters. The lowest BCUT2D eigenvalue weighted by Gasteiger charge is -2.38. The van der Waals surface area contributed by atoms with Crippen LogP contribution in [-0.4, -0.2) is 45.1 Å². The van der Waals surface area contributed by atoms with Gasteiger partial charge in [0.2, 0.25) is 0 Å². The maximum Gasteiger partial charge on any atom is 0.257 e. The summed E-state index contributed by atoms with van der Waals surface area (Å²) >= 11 is 6.24. The van der Waals surface area contributed by atoms with Gasteiger partial charge in [0.15, 0.2) is 0 Å². The molecule has 1 saturated heterocycles. The van der Waals surface area contributed by atoms with Crippen LogP contribution in [0.3, 0.4) is 0 Å². The van der Waals surface area contributed by atoms with Crippen molar-refractivity contribution < 1.29 is 14.3 Å². The monoisotopic (exact) mass is 568 g/mol. The molecule has 8 heteroatoms. The Kier molecular flexibility index (Phi) is 8.75. The predicted molar refractivity (Wildman–Crippen MR) is 166 cm³/mol. The molecule has 0 saturated carbocycles. The van der Waals surface area contributed by atoms with E-state index in [1.54, 1.807) is 37.4 Å². The summed E-state index contributed by atoms with van der Waals surface area (Å²) in [5, 5.41) is 6.41. The van der Waals surface area contributed by atoms with Crippen molar-refractivity contribution in [1.29, 1.82) is 0 Å². The normalized spacial score (nSPS) is 13.8. The van der Waals surface area contributed by atoms with Crippen molar-refractivity contribution in [2.45, 2.75) is 13.0 Å². The van der Waals surface area contributed by atoms with Gasteiger partial charge in [0.05, 0.1) is 35.0 Å². The Labute approximate surface area is 245 Å². The zero-order chi connectivity index (χ0) is 28.8. The van der Waals surface area contributed by atoms with Gasteiger partial charge in [-0.15, -0.1) is 0 Å². The van der Waals surface area contributed by atoms with Crippen molar-refractivity contribution >= 4 is 40.5 Å². The Morgan fingerprint density at radius 2 is 1.39 bits per heavy atom. The van der Waals surface area contributed by atoms with E-state index in [0.717, 1.165) is 48.9 Å². The minimum Gasteiger partial charge on any atom is -0.495 e. The van der Waals surface area contributed by atoms with Crippen LogP contribution in [0.5, 0.6) is 5.75 Å². The second kappa shape index (κ2) is 12.8. The van der Waals surface area contributed by atoms with Crippen LogP contribution < -0.4 is 25.2 Å². The van der Waals surface area contributed by atoms with Crippen LogP contribution in [0, 0.1) is 0 Å². The first-order valence-corrected chi connectivity index (χ1v) is 14.0. The fourth-order valence-electron chi connectivity index (χ4n) is 5.09. The first-order chi connectivity index (χ1) is 19.9. The number of piperazine rings is 1. The summed E-state index contributed by atoms with van der Waals surface area (Å²) in [4.78, 5) is 31.2. The highest BCUT2D eigenvalue weighted by molar-refractivity contribution is 6.34. The maximum atomic E-state index is 13.7. The van der Waals surface area contributed by atoms with Gasteiger partial charge < -0.3 is 25.2 Å². The summed E-state index contributed by atoms with van der Waals surface area (Å²) < 4.78 is 5.57. The van der Waals surface area contributed by atoms with Gasteiger partial charge in [-0.2, -0.15) is 0 Å². The van der Waals surface area contributed by atoms with E-state index in [1.165, 1.54) is 0 Å². The molecule has 41 heavy (non-hydrogen) atoms. The topological polar surface area (TPSA) is 73.9 Å². The Balaban J connectivity index is 1.39. The molecule has 0 spiro atoms. The van der Waals surface area contributed by atoms with Crippen molar-refractivity contribution in [3.63, 3.8) is 0 Å². The molecular formula is C33H33ClN4O3. The second-order valence-electron chi connectivity index (χ2n) is 9.92. The summed E-state index contributed by atoms with van der Waals surface area (Å²) in [5.41, 5.74) is 4.27. The molecule has 2 amide bonds. The first-order valence-electron chi connectivity index (χ1n) is 13.6. The number of amides is 2. The van der Waals surface area contributed by atoms with Gasteiger partial charge in [0.1, 0.15) is 5.75 Å². The molecule has 0 radical (unpaired) electrons. The zero-order valence-electron chi connectivity index (χ0n) is 23.1. The van der Waals surface area contributed by atoms with Crippen molar-refractivity contribution in [1.82, 2.24) is 5.32 Å². The van der Waals surface area contributed by atoms with Crippen LogP contribution in [-0.2, 0) is 0 Å². The summed E-state index contributed by atoms with van der Waals surface area (Å²) in [6, 6.07) is 30.0. The van der Waals surface area contributed by atoms with E-state index < -0.39 is 0 Å². The highest BCUT2D eigenvalue weighted by Crippen LogP contribution is 2.31. The quantitative estimate of drug-likeness (QED) is 0.257. The molecule has 4 aromatic rings. The highest BCUT2D eigenvalue weighted by atomic mass is 35.5. The Hall–Kier alpha value is -4.49. The van der Waals surface area contributed by atoms with E-state index in [2.05, 4.69) is 26.5 Å². The molecule has 2 N–H and O–H groups in total. The number of halogens is 1. The summed E-state index contributed by atoms with van der Waals surface area (Å²) in [6.07, 6.45) is 0. The van der Waals surface area contributed by atoms with Crippen molar-refractivity contribution in [3.05, 3.63) is 119 Å². The third-order valence-electron chi connectivity index (χ3n) is 7.31. The number of nitrogens with one attached hydrogen (secondary N) is 2. The van der Waals surface area contributed by atoms with Crippen LogP contribution in [0.4, 0.5) is 17.1 Å². The van der Waals surface area contributed by atoms with Gasteiger partial charge in [0, 0.05) is 37.6 Å². The lowest BCUT2D eigenvalue weighted by atomic mass is 10.1. The zero-order valence-corrected chi connectivity index (χ0v) is 23.9. The smallest absolute Gasteiger partial charge is 0.257 e. The lowest BCUT2D eigenvalue weighted by Crippen LogP contribution is -2.47. The minimum absolute atomic E-state index is 0.194. The molecule has 1 atom stereocenters. The fourth-order valence-corrected chi connectivity index (χ4v) is 5.32. The maximum absolute atomic E-state index is 13.7. The van der Waals surface area contributed by atoms with Crippen LogP contribution >= 0.6 is 11.6 Å². The largest absolute Gasteiger partial charge is 0.495 e. The van der Waals surface area contributed by atoms with Crippen LogP contribution in [0.1, 0.15) is 39.2 Å². The molecule has 210 valence electrons. The number of hydrogen-bond acceptors (Lipinski definition) is 5. The molecule has 1 aliphatic rings. The number of ether oxygens (including phenoxy) is 1. The van der Waals surface area contributed by atoms with E-state index in [-0.39, 0.29) is 17.9 Å². The molecule has 1 heterocycles. The number of hydrogen-bond donors (Lipinski definition) is 2. The summed E-state index contributed by atoms with van der Waals surface area (Å²) in [7, 11) is 1.68. The molecule has 0 aliphatic carbocycles. The SMILES string of the molecule is COc1ccccc1N1CCN(c2ccc(NC(=O)c3ccccc3Cl)cc2C(=O)NC(C)c2ccccc2)CC1. The number of para-hydroxylation sites is 2. The predicted octanol–water partition coefficient (Wildman–Crippen LogP) is 6.42. The van der Waals surface area contributed by atoms with E-state index >= 15 is 0 Å². The molecule has 0 aromatic heterocycles. The van der Waals surface area contributed by atoms with Gasteiger partial charge in [0.25, 0.3) is 11.8 Å². The van der Waals surface area contributed by atoms with Crippen LogP contribution in [0.2, 0.25) is 5.02 Å². The van der Waals surface area contributed by atoms with E-state index in [4.69, 9.17) is 16.3 Å². The van der Waals surface area contributed by atoms with Crippen molar-refractivity contribution in [2.75, 3.05) is 48.4 Å². The molecular weight excluding hydrogens is 536 g/mol. The minimum atomic E-state index is -0.335. The van der Waals surface area contributed by atoms with Crippen LogP contribution in [0.15, 0.2) is 97.1 Å². The Morgan fingerprint density at radius 3 is 2.10 bits per heavy atom. The Bertz CT molecular complexity index is 1520. The molecule has 5 rings (SSSR count). The van der Waals surface area contributed by atoms with Gasteiger partial charge in [-0.05, 0) is 55.0 Å². The van der Waals surface area contributed by atoms with Gasteiger partial charge in [-0.25, -0.2) is 0 Å². The van der Waals surface area contributed by atoms with Gasteiger partial charge in [-0.1, -0.05) is 66.2 Å². The first kappa shape index (κ1) is 28.1. The van der Waals surface area contributed by atoms with E-state index in [1.807, 2.05) is 67.6 Å². The highest BCUT2D eigenvalue weighted by Gasteiger charge is 2.25. The molecule has 4 aromatic carbocycles. The van der Waals surface area contributed by atoms with Crippen LogP contribution in [0.25, 0.3) is 0 Å². The second-order valence-corrected chi connectivity index (χ2v) is 10.3. The molecule has 7 nitrogen and oxygen atoms in total. The third-order valence-corrected chi connectivity index (χ3v) is 7.64. The number of anilines is 3. The summed E-state index contributed by atoms with van der Waals surface area (Å²) in [6.45, 7) is 4.94. The van der Waals surface area contributed by atoms with Gasteiger partial charge in [-0.3, -0.25) is 9.59 Å². The summed E-state index contributed by atoms with van der Waals surface area (Å²) in [5.74, 6) is 0.296. The third kappa shape index (κ3) is 6.47. The number of carbonyl (C=O) groups is 2. The molecule has 1 fully saturated rings. The van der Waals surface area contributed by atoms with Crippen molar-refractivity contribution in [3.8, 4) is 5.75 Å². The standard InChI is InChI=1S/C33H33ClN4O3/c1-23(24-10-4-3-5-11-24)35-33(40)27-22-25(36-32(39)26-12-6-7-13-28(26)34)16-17-29(27)37-18-20-38(21-19-37)30-14-8-9-15-31(30)41-2/h3-17,22-23H,18-21H2,1-2H3,(H,35,40)(H,36,39). The van der Waals surface area contributed by atoms with E-state index in [9.17, 15) is 9.59 Å². The average molecular weight is 569 g/mol. The Morgan fingerprint density at radius 1 is 0.756 bits per heavy atom. The number of carbonyl (C=O) groups excluding carboxylic acids is 2. The average Bonchev–Trinajstić information content (AvgIpc) is 3.01. The van der Waals surface area contributed by atoms with Gasteiger partial charge >= 0.3 is 0 Å². The molecule has 1 aliphatic heterocycles. The number of methoxy groups -OCH3 is 1. The number of rotatable bonds is 8.